The van der Waals surface area contributed by atoms with E-state index in [2.05, 4.69) is 20.3 Å². The van der Waals surface area contributed by atoms with Crippen molar-refractivity contribution < 1.29 is 14.2 Å². The van der Waals surface area contributed by atoms with Crippen molar-refractivity contribution in [3.8, 4) is 11.5 Å². The number of pyridine rings is 1. The molecular weight excluding hydrogens is 475 g/mol. The van der Waals surface area contributed by atoms with Gasteiger partial charge in [-0.1, -0.05) is 23.9 Å². The number of hydrogen-bond acceptors (Lipinski definition) is 7. The summed E-state index contributed by atoms with van der Waals surface area (Å²) >= 11 is 1.55. The number of halogens is 1. The highest BCUT2D eigenvalue weighted by molar-refractivity contribution is 7.99. The van der Waals surface area contributed by atoms with Crippen molar-refractivity contribution >= 4 is 34.3 Å². The number of ether oxygens (including phenoxy) is 1. The van der Waals surface area contributed by atoms with Gasteiger partial charge in [0.15, 0.2) is 5.65 Å². The van der Waals surface area contributed by atoms with Crippen LogP contribution in [0.25, 0.3) is 11.0 Å². The number of aromatic nitrogens is 3. The van der Waals surface area contributed by atoms with E-state index in [-0.39, 0.29) is 17.7 Å². The molecule has 0 fully saturated rings. The first kappa shape index (κ1) is 23.6. The van der Waals surface area contributed by atoms with E-state index in [0.29, 0.717) is 17.2 Å². The molecule has 0 aliphatic heterocycles. The Balaban J connectivity index is 1.49. The molecule has 0 aliphatic carbocycles. The molecule has 2 heterocycles. The van der Waals surface area contributed by atoms with Crippen LogP contribution in [0.2, 0.25) is 0 Å². The second-order valence-electron chi connectivity index (χ2n) is 8.24. The SMILES string of the molecule is Cc1ccc2c(Nc3cc(OC(C)c4ccc(F)cc4)ccc3Sc3ccc(O)cc3)ncnc2n1. The fraction of sp³-hybridized carbons (Fsp3) is 0.107. The molecular formula is C28H23FN4O2S. The van der Waals surface area contributed by atoms with Gasteiger partial charge in [-0.25, -0.2) is 19.3 Å². The van der Waals surface area contributed by atoms with E-state index < -0.39 is 0 Å². The quantitative estimate of drug-likeness (QED) is 0.245. The van der Waals surface area contributed by atoms with E-state index >= 15 is 0 Å². The molecule has 0 amide bonds. The fourth-order valence-corrected chi connectivity index (χ4v) is 4.56. The summed E-state index contributed by atoms with van der Waals surface area (Å²) in [6, 6.07) is 23.0. The summed E-state index contributed by atoms with van der Waals surface area (Å²) in [4.78, 5) is 15.2. The number of aromatic hydroxyl groups is 1. The lowest BCUT2D eigenvalue weighted by Crippen LogP contribution is -2.04. The molecule has 0 aliphatic rings. The number of fused-ring (bicyclic) bond motifs is 1. The molecule has 0 radical (unpaired) electrons. The molecule has 0 saturated carbocycles. The van der Waals surface area contributed by atoms with Crippen molar-refractivity contribution in [2.45, 2.75) is 29.7 Å². The number of anilines is 2. The first-order valence-electron chi connectivity index (χ1n) is 11.3. The van der Waals surface area contributed by atoms with E-state index in [1.807, 2.05) is 56.3 Å². The third kappa shape index (κ3) is 5.39. The molecule has 0 bridgehead atoms. The Labute approximate surface area is 212 Å². The Kier molecular flexibility index (Phi) is 6.69. The van der Waals surface area contributed by atoms with Gasteiger partial charge >= 0.3 is 0 Å². The number of aryl methyl sites for hydroxylation is 1. The van der Waals surface area contributed by atoms with Crippen LogP contribution in [0.1, 0.15) is 24.3 Å². The molecule has 180 valence electrons. The average molecular weight is 499 g/mol. The highest BCUT2D eigenvalue weighted by Gasteiger charge is 2.14. The smallest absolute Gasteiger partial charge is 0.164 e. The number of nitrogens with one attached hydrogen (secondary N) is 1. The summed E-state index contributed by atoms with van der Waals surface area (Å²) in [5, 5.41) is 13.9. The molecule has 36 heavy (non-hydrogen) atoms. The van der Waals surface area contributed by atoms with Crippen molar-refractivity contribution in [3.05, 3.63) is 102 Å². The number of benzene rings is 3. The normalized spacial score (nSPS) is 11.9. The second kappa shape index (κ2) is 10.2. The Morgan fingerprint density at radius 2 is 1.72 bits per heavy atom. The van der Waals surface area contributed by atoms with Gasteiger partial charge in [0.1, 0.15) is 35.6 Å². The molecule has 3 aromatic carbocycles. The predicted octanol–water partition coefficient (Wildman–Crippen LogP) is 7.21. The van der Waals surface area contributed by atoms with Crippen LogP contribution < -0.4 is 10.1 Å². The highest BCUT2D eigenvalue weighted by atomic mass is 32.2. The third-order valence-electron chi connectivity index (χ3n) is 5.56. The van der Waals surface area contributed by atoms with Gasteiger partial charge in [0.05, 0.1) is 11.1 Å². The molecule has 2 aromatic heterocycles. The topological polar surface area (TPSA) is 80.2 Å². The lowest BCUT2D eigenvalue weighted by molar-refractivity contribution is 0.227. The van der Waals surface area contributed by atoms with E-state index in [0.717, 1.165) is 32.1 Å². The van der Waals surface area contributed by atoms with E-state index in [9.17, 15) is 9.50 Å². The van der Waals surface area contributed by atoms with Gasteiger partial charge in [-0.3, -0.25) is 0 Å². The van der Waals surface area contributed by atoms with Crippen LogP contribution in [0.4, 0.5) is 15.9 Å². The Hall–Kier alpha value is -4.17. The zero-order chi connectivity index (χ0) is 25.1. The van der Waals surface area contributed by atoms with E-state index in [1.165, 1.54) is 18.5 Å². The van der Waals surface area contributed by atoms with Gasteiger partial charge in [0.25, 0.3) is 0 Å². The second-order valence-corrected chi connectivity index (χ2v) is 9.35. The molecule has 6 nitrogen and oxygen atoms in total. The van der Waals surface area contributed by atoms with Crippen LogP contribution in [-0.2, 0) is 0 Å². The first-order chi connectivity index (χ1) is 17.4. The van der Waals surface area contributed by atoms with Gasteiger partial charge in [-0.15, -0.1) is 0 Å². The first-order valence-corrected chi connectivity index (χ1v) is 12.1. The predicted molar refractivity (Wildman–Crippen MR) is 139 cm³/mol. The lowest BCUT2D eigenvalue weighted by Gasteiger charge is -2.18. The summed E-state index contributed by atoms with van der Waals surface area (Å²) in [6.45, 7) is 3.84. The summed E-state index contributed by atoms with van der Waals surface area (Å²) in [7, 11) is 0. The molecule has 5 rings (SSSR count). The van der Waals surface area contributed by atoms with Gasteiger partial charge in [-0.05, 0) is 80.1 Å². The summed E-state index contributed by atoms with van der Waals surface area (Å²) < 4.78 is 19.5. The maximum Gasteiger partial charge on any atom is 0.164 e. The highest BCUT2D eigenvalue weighted by Crippen LogP contribution is 2.39. The number of phenolic OH excluding ortho intramolecular Hbond substituents is 1. The number of phenols is 1. The zero-order valence-corrected chi connectivity index (χ0v) is 20.5. The van der Waals surface area contributed by atoms with Crippen molar-refractivity contribution in [1.29, 1.82) is 0 Å². The number of nitrogens with zero attached hydrogens (tertiary/aromatic N) is 3. The summed E-state index contributed by atoms with van der Waals surface area (Å²) in [5.41, 5.74) is 3.15. The Morgan fingerprint density at radius 3 is 2.50 bits per heavy atom. The number of rotatable bonds is 7. The molecule has 0 spiro atoms. The lowest BCUT2D eigenvalue weighted by atomic mass is 10.1. The monoisotopic (exact) mass is 498 g/mol. The molecule has 5 aromatic rings. The third-order valence-corrected chi connectivity index (χ3v) is 6.64. The van der Waals surface area contributed by atoms with E-state index in [4.69, 9.17) is 4.74 Å². The van der Waals surface area contributed by atoms with Crippen LogP contribution in [0.3, 0.4) is 0 Å². The van der Waals surface area contributed by atoms with Crippen molar-refractivity contribution in [3.63, 3.8) is 0 Å². The molecule has 0 saturated heterocycles. The van der Waals surface area contributed by atoms with Crippen molar-refractivity contribution in [2.24, 2.45) is 0 Å². The number of hydrogen-bond donors (Lipinski definition) is 2. The fourth-order valence-electron chi connectivity index (χ4n) is 3.68. The summed E-state index contributed by atoms with van der Waals surface area (Å²) in [6.07, 6.45) is 1.21. The van der Waals surface area contributed by atoms with Crippen molar-refractivity contribution in [1.82, 2.24) is 15.0 Å². The van der Waals surface area contributed by atoms with Crippen LogP contribution >= 0.6 is 11.8 Å². The molecule has 8 heteroatoms. The minimum absolute atomic E-state index is 0.214. The Bertz CT molecular complexity index is 1510. The molecule has 1 unspecified atom stereocenters. The zero-order valence-electron chi connectivity index (χ0n) is 19.6. The summed E-state index contributed by atoms with van der Waals surface area (Å²) in [5.74, 6) is 1.21. The van der Waals surface area contributed by atoms with Crippen LogP contribution in [-0.4, -0.2) is 20.1 Å². The molecule has 2 N–H and O–H groups in total. The van der Waals surface area contributed by atoms with Crippen molar-refractivity contribution in [2.75, 3.05) is 5.32 Å². The van der Waals surface area contributed by atoms with Gasteiger partial charge in [0.2, 0.25) is 0 Å². The van der Waals surface area contributed by atoms with E-state index in [1.54, 1.807) is 36.0 Å². The standard InChI is InChI=1S/C28H23FN4O2S/c1-17-3-13-24-27(32-17)30-16-31-28(24)33-25-15-22(35-18(2)19-4-6-20(29)7-5-19)10-14-26(25)36-23-11-8-21(34)9-12-23/h3-16,18,34H,1-2H3,(H,30,31,32,33). The minimum atomic E-state index is -0.283. The maximum atomic E-state index is 13.3. The maximum absolute atomic E-state index is 13.3. The van der Waals surface area contributed by atoms with Crippen LogP contribution in [0.15, 0.2) is 95.0 Å². The minimum Gasteiger partial charge on any atom is -0.508 e. The van der Waals surface area contributed by atoms with Gasteiger partial charge in [0, 0.05) is 21.6 Å². The largest absolute Gasteiger partial charge is 0.508 e. The van der Waals surface area contributed by atoms with Gasteiger partial charge in [-0.2, -0.15) is 0 Å². The Morgan fingerprint density at radius 1 is 0.944 bits per heavy atom. The van der Waals surface area contributed by atoms with Crippen LogP contribution in [0, 0.1) is 12.7 Å². The average Bonchev–Trinajstić information content (AvgIpc) is 2.87. The van der Waals surface area contributed by atoms with Crippen LogP contribution in [0.5, 0.6) is 11.5 Å². The molecule has 1 atom stereocenters. The van der Waals surface area contributed by atoms with Gasteiger partial charge < -0.3 is 15.2 Å².